The number of hydrogen-bond acceptors (Lipinski definition) is 2. The first-order valence-electron chi connectivity index (χ1n) is 7.67. The second-order valence-corrected chi connectivity index (χ2v) is 9.14. The molecule has 0 saturated heterocycles. The highest BCUT2D eigenvalue weighted by atomic mass is 32.2. The summed E-state index contributed by atoms with van der Waals surface area (Å²) in [5.41, 5.74) is 1.37. The van der Waals surface area contributed by atoms with Crippen LogP contribution in [0.2, 0.25) is 0 Å². The average molecular weight is 334 g/mol. The molecule has 0 heterocycles. The number of hydrogen-bond donors (Lipinski definition) is 0. The summed E-state index contributed by atoms with van der Waals surface area (Å²) < 4.78 is 39.9. The van der Waals surface area contributed by atoms with Crippen LogP contribution in [0.15, 0.2) is 59.5 Å². The summed E-state index contributed by atoms with van der Waals surface area (Å²) in [4.78, 5) is 0.164. The van der Waals surface area contributed by atoms with Gasteiger partial charge in [0.25, 0.3) is 0 Å². The van der Waals surface area contributed by atoms with Crippen molar-refractivity contribution < 1.29 is 12.8 Å². The third-order valence-electron chi connectivity index (χ3n) is 4.07. The first kappa shape index (κ1) is 17.7. The highest BCUT2D eigenvalue weighted by Gasteiger charge is 2.32. The maximum atomic E-state index is 14.6. The molecule has 0 aliphatic heterocycles. The minimum atomic E-state index is -3.72. The van der Waals surface area contributed by atoms with Crippen LogP contribution in [0.3, 0.4) is 0 Å². The van der Waals surface area contributed by atoms with E-state index in [0.29, 0.717) is 5.56 Å². The molecule has 2 aromatic rings. The molecule has 0 fully saturated rings. The molecule has 0 aliphatic rings. The van der Waals surface area contributed by atoms with Gasteiger partial charge in [0.1, 0.15) is 6.17 Å². The van der Waals surface area contributed by atoms with Crippen molar-refractivity contribution in [2.45, 2.75) is 49.4 Å². The van der Waals surface area contributed by atoms with E-state index in [1.165, 1.54) is 6.92 Å². The van der Waals surface area contributed by atoms with Crippen LogP contribution in [0.25, 0.3) is 0 Å². The Morgan fingerprint density at radius 3 is 1.91 bits per heavy atom. The Kier molecular flexibility index (Phi) is 4.95. The SMILES string of the molecule is C[C@H]([C@@H](F)c1ccccc1)S(=O)(=O)c1ccc(C(C)(C)C)cc1. The average Bonchev–Trinajstić information content (AvgIpc) is 2.53. The number of rotatable bonds is 4. The lowest BCUT2D eigenvalue weighted by Crippen LogP contribution is -2.23. The summed E-state index contributed by atoms with van der Waals surface area (Å²) in [5, 5.41) is -1.13. The quantitative estimate of drug-likeness (QED) is 0.800. The predicted octanol–water partition coefficient (Wildman–Crippen LogP) is 4.86. The van der Waals surface area contributed by atoms with Crippen LogP contribution in [0.1, 0.15) is 45.0 Å². The number of benzene rings is 2. The van der Waals surface area contributed by atoms with Crippen LogP contribution in [-0.2, 0) is 15.3 Å². The topological polar surface area (TPSA) is 34.1 Å². The monoisotopic (exact) mass is 334 g/mol. The van der Waals surface area contributed by atoms with E-state index in [4.69, 9.17) is 0 Å². The number of sulfone groups is 1. The van der Waals surface area contributed by atoms with E-state index < -0.39 is 21.3 Å². The molecule has 23 heavy (non-hydrogen) atoms. The Balaban J connectivity index is 2.31. The third-order valence-corrected chi connectivity index (χ3v) is 6.22. The molecule has 2 rings (SSSR count). The van der Waals surface area contributed by atoms with Gasteiger partial charge in [-0.1, -0.05) is 63.2 Å². The second-order valence-electron chi connectivity index (χ2n) is 6.84. The zero-order chi connectivity index (χ0) is 17.3. The summed E-state index contributed by atoms with van der Waals surface area (Å²) in [6, 6.07) is 15.2. The van der Waals surface area contributed by atoms with Crippen molar-refractivity contribution >= 4 is 9.84 Å². The Morgan fingerprint density at radius 1 is 0.913 bits per heavy atom. The van der Waals surface area contributed by atoms with E-state index in [9.17, 15) is 12.8 Å². The fraction of sp³-hybridized carbons (Fsp3) is 0.368. The van der Waals surface area contributed by atoms with Crippen molar-refractivity contribution in [3.05, 3.63) is 65.7 Å². The molecular weight excluding hydrogens is 311 g/mol. The van der Waals surface area contributed by atoms with Gasteiger partial charge < -0.3 is 0 Å². The van der Waals surface area contributed by atoms with Gasteiger partial charge in [-0.3, -0.25) is 0 Å². The standard InChI is InChI=1S/C19H23FO2S/c1-14(18(20)15-8-6-5-7-9-15)23(21,22)17-12-10-16(11-13-17)19(2,3)4/h5-14,18H,1-4H3/t14-,18-/m1/s1. The number of alkyl halides is 1. The summed E-state index contributed by atoms with van der Waals surface area (Å²) in [6.07, 6.45) is -1.55. The Morgan fingerprint density at radius 2 is 1.43 bits per heavy atom. The maximum absolute atomic E-state index is 14.6. The second kappa shape index (κ2) is 6.44. The largest absolute Gasteiger partial charge is 0.241 e. The van der Waals surface area contributed by atoms with Gasteiger partial charge in [0.2, 0.25) is 0 Å². The molecule has 2 aromatic carbocycles. The zero-order valence-electron chi connectivity index (χ0n) is 14.0. The van der Waals surface area contributed by atoms with Gasteiger partial charge in [0.05, 0.1) is 10.1 Å². The molecule has 0 bridgehead atoms. The fourth-order valence-electron chi connectivity index (χ4n) is 2.42. The van der Waals surface area contributed by atoms with Crippen molar-refractivity contribution in [1.29, 1.82) is 0 Å². The summed E-state index contributed by atoms with van der Waals surface area (Å²) in [6.45, 7) is 7.61. The van der Waals surface area contributed by atoms with Crippen molar-refractivity contribution in [2.75, 3.05) is 0 Å². The van der Waals surface area contributed by atoms with Crippen molar-refractivity contribution in [1.82, 2.24) is 0 Å². The molecule has 0 aromatic heterocycles. The summed E-state index contributed by atoms with van der Waals surface area (Å²) in [5.74, 6) is 0. The van der Waals surface area contributed by atoms with Crippen molar-refractivity contribution in [3.8, 4) is 0 Å². The van der Waals surface area contributed by atoms with Gasteiger partial charge in [-0.15, -0.1) is 0 Å². The molecule has 124 valence electrons. The molecule has 0 amide bonds. The van der Waals surface area contributed by atoms with Crippen LogP contribution in [0.4, 0.5) is 4.39 Å². The molecule has 0 spiro atoms. The Bertz CT molecular complexity index is 744. The molecule has 4 heteroatoms. The van der Waals surface area contributed by atoms with Gasteiger partial charge in [0, 0.05) is 0 Å². The van der Waals surface area contributed by atoms with Crippen molar-refractivity contribution in [2.24, 2.45) is 0 Å². The molecule has 2 nitrogen and oxygen atoms in total. The zero-order valence-corrected chi connectivity index (χ0v) is 14.8. The smallest absolute Gasteiger partial charge is 0.184 e. The van der Waals surface area contributed by atoms with Crippen LogP contribution in [-0.4, -0.2) is 13.7 Å². The minimum absolute atomic E-state index is 0.0550. The molecule has 0 unspecified atom stereocenters. The van der Waals surface area contributed by atoms with E-state index in [-0.39, 0.29) is 10.3 Å². The lowest BCUT2D eigenvalue weighted by atomic mass is 9.87. The van der Waals surface area contributed by atoms with E-state index in [2.05, 4.69) is 20.8 Å². The maximum Gasteiger partial charge on any atom is 0.184 e. The van der Waals surface area contributed by atoms with Crippen LogP contribution in [0, 0.1) is 0 Å². The molecule has 0 saturated carbocycles. The van der Waals surface area contributed by atoms with E-state index in [1.807, 2.05) is 0 Å². The summed E-state index contributed by atoms with van der Waals surface area (Å²) >= 11 is 0. The Hall–Kier alpha value is -1.68. The van der Waals surface area contributed by atoms with Crippen LogP contribution >= 0.6 is 0 Å². The predicted molar refractivity (Wildman–Crippen MR) is 92.1 cm³/mol. The minimum Gasteiger partial charge on any atom is -0.241 e. The van der Waals surface area contributed by atoms with Gasteiger partial charge >= 0.3 is 0 Å². The van der Waals surface area contributed by atoms with Crippen molar-refractivity contribution in [3.63, 3.8) is 0 Å². The normalized spacial score (nSPS) is 15.2. The van der Waals surface area contributed by atoms with E-state index in [1.54, 1.807) is 54.6 Å². The van der Waals surface area contributed by atoms with Crippen LogP contribution in [0.5, 0.6) is 0 Å². The van der Waals surface area contributed by atoms with Gasteiger partial charge in [-0.25, -0.2) is 12.8 Å². The molecule has 2 atom stereocenters. The lowest BCUT2D eigenvalue weighted by Gasteiger charge is -2.21. The molecule has 0 aliphatic carbocycles. The highest BCUT2D eigenvalue weighted by Crippen LogP contribution is 2.31. The Labute approximate surface area is 138 Å². The van der Waals surface area contributed by atoms with Crippen LogP contribution < -0.4 is 0 Å². The van der Waals surface area contributed by atoms with E-state index in [0.717, 1.165) is 5.56 Å². The number of halogens is 1. The van der Waals surface area contributed by atoms with Gasteiger partial charge in [-0.05, 0) is 35.6 Å². The molecule has 0 radical (unpaired) electrons. The van der Waals surface area contributed by atoms with E-state index >= 15 is 0 Å². The van der Waals surface area contributed by atoms with Gasteiger partial charge in [0.15, 0.2) is 9.84 Å². The first-order valence-corrected chi connectivity index (χ1v) is 9.22. The lowest BCUT2D eigenvalue weighted by molar-refractivity contribution is 0.334. The molecule has 0 N–H and O–H groups in total. The fourth-order valence-corrected chi connectivity index (χ4v) is 3.84. The highest BCUT2D eigenvalue weighted by molar-refractivity contribution is 7.92. The van der Waals surface area contributed by atoms with Gasteiger partial charge in [-0.2, -0.15) is 0 Å². The molecular formula is C19H23FO2S. The summed E-state index contributed by atoms with van der Waals surface area (Å²) in [7, 11) is -3.72. The first-order chi connectivity index (χ1) is 10.6. The third kappa shape index (κ3) is 3.81.